The maximum Gasteiger partial charge on any atom is 0.246 e. The van der Waals surface area contributed by atoms with Crippen molar-refractivity contribution in [3.8, 4) is 11.5 Å². The van der Waals surface area contributed by atoms with Gasteiger partial charge in [0, 0.05) is 29.1 Å². The quantitative estimate of drug-likeness (QED) is 0.535. The van der Waals surface area contributed by atoms with E-state index in [2.05, 4.69) is 17.1 Å². The van der Waals surface area contributed by atoms with Crippen molar-refractivity contribution in [1.29, 1.82) is 0 Å². The fourth-order valence-corrected chi connectivity index (χ4v) is 6.54. The number of hydrogen-bond acceptors (Lipinski definition) is 4. The second kappa shape index (κ2) is 9.43. The van der Waals surface area contributed by atoms with Gasteiger partial charge in [-0.1, -0.05) is 43.5 Å². The molecule has 1 aliphatic carbocycles. The van der Waals surface area contributed by atoms with Crippen LogP contribution in [0.4, 0.5) is 0 Å². The van der Waals surface area contributed by atoms with E-state index in [-0.39, 0.29) is 30.5 Å². The summed E-state index contributed by atoms with van der Waals surface area (Å²) in [4.78, 5) is 35.2. The van der Waals surface area contributed by atoms with E-state index in [9.17, 15) is 9.59 Å². The molecule has 2 fully saturated rings. The highest BCUT2D eigenvalue weighted by atomic mass is 16.5. The number of ether oxygens (including phenoxy) is 2. The average molecular weight is 502 g/mol. The van der Waals surface area contributed by atoms with Crippen LogP contribution in [0.2, 0.25) is 0 Å². The van der Waals surface area contributed by atoms with Crippen LogP contribution >= 0.6 is 0 Å². The van der Waals surface area contributed by atoms with Gasteiger partial charge in [-0.05, 0) is 56.0 Å². The van der Waals surface area contributed by atoms with Crippen LogP contribution in [0.15, 0.2) is 42.5 Å². The van der Waals surface area contributed by atoms with Gasteiger partial charge < -0.3 is 24.3 Å². The van der Waals surface area contributed by atoms with Gasteiger partial charge in [-0.2, -0.15) is 0 Å². The zero-order chi connectivity index (χ0) is 25.7. The number of nitrogens with zero attached hydrogens (tertiary/aromatic N) is 2. The van der Waals surface area contributed by atoms with E-state index < -0.39 is 12.1 Å². The van der Waals surface area contributed by atoms with Crippen LogP contribution in [0.3, 0.4) is 0 Å². The van der Waals surface area contributed by atoms with Crippen LogP contribution in [0.1, 0.15) is 68.8 Å². The number of methoxy groups -OCH3 is 1. The first kappa shape index (κ1) is 23.9. The number of aromatic amines is 1. The second-order valence-corrected chi connectivity index (χ2v) is 10.8. The van der Waals surface area contributed by atoms with E-state index >= 15 is 0 Å². The minimum atomic E-state index is -0.516. The summed E-state index contributed by atoms with van der Waals surface area (Å²) in [7, 11) is 1.63. The summed E-state index contributed by atoms with van der Waals surface area (Å²) in [5.41, 5.74) is 4.02. The first-order valence-electron chi connectivity index (χ1n) is 13.5. The molecule has 1 aromatic heterocycles. The Morgan fingerprint density at radius 1 is 1.00 bits per heavy atom. The number of para-hydroxylation sites is 1. The molecular formula is C30H35N3O4. The number of fused-ring (bicyclic) bond motifs is 4. The first-order chi connectivity index (χ1) is 18.0. The van der Waals surface area contributed by atoms with Gasteiger partial charge in [0.25, 0.3) is 0 Å². The molecule has 2 atom stereocenters. The summed E-state index contributed by atoms with van der Waals surface area (Å²) in [5, 5.41) is 1.11. The fourth-order valence-electron chi connectivity index (χ4n) is 6.54. The lowest BCUT2D eigenvalue weighted by Crippen LogP contribution is -2.65. The molecular weight excluding hydrogens is 466 g/mol. The molecule has 0 radical (unpaired) electrons. The van der Waals surface area contributed by atoms with Gasteiger partial charge >= 0.3 is 0 Å². The summed E-state index contributed by atoms with van der Waals surface area (Å²) in [6, 6.07) is 13.3. The average Bonchev–Trinajstić information content (AvgIpc) is 3.28. The summed E-state index contributed by atoms with van der Waals surface area (Å²) in [6.45, 7) is 4.11. The highest BCUT2D eigenvalue weighted by molar-refractivity contribution is 5.98. The fraction of sp³-hybridized carbons (Fsp3) is 0.467. The van der Waals surface area contributed by atoms with Gasteiger partial charge in [0.2, 0.25) is 11.8 Å². The molecule has 3 heterocycles. The lowest BCUT2D eigenvalue weighted by molar-refractivity contribution is -0.161. The van der Waals surface area contributed by atoms with Crippen LogP contribution in [-0.2, 0) is 16.0 Å². The number of carbonyl (C=O) groups is 2. The van der Waals surface area contributed by atoms with Crippen LogP contribution in [0.5, 0.6) is 11.5 Å². The number of H-pyrrole nitrogens is 1. The molecule has 194 valence electrons. The molecule has 0 bridgehead atoms. The zero-order valence-corrected chi connectivity index (χ0v) is 21.8. The maximum atomic E-state index is 14.0. The van der Waals surface area contributed by atoms with Crippen molar-refractivity contribution in [3.63, 3.8) is 0 Å². The Morgan fingerprint density at radius 2 is 1.78 bits per heavy atom. The van der Waals surface area contributed by atoms with Gasteiger partial charge in [-0.25, -0.2) is 0 Å². The molecule has 2 aromatic carbocycles. The predicted octanol–water partition coefficient (Wildman–Crippen LogP) is 4.98. The van der Waals surface area contributed by atoms with Crippen molar-refractivity contribution in [3.05, 3.63) is 59.3 Å². The van der Waals surface area contributed by atoms with Gasteiger partial charge in [-0.3, -0.25) is 9.59 Å². The summed E-state index contributed by atoms with van der Waals surface area (Å²) >= 11 is 0. The second-order valence-electron chi connectivity index (χ2n) is 10.8. The number of hydrogen-bond donors (Lipinski definition) is 1. The minimum Gasteiger partial charge on any atom is -0.493 e. The van der Waals surface area contributed by atoms with Gasteiger partial charge in [0.15, 0.2) is 11.5 Å². The zero-order valence-electron chi connectivity index (χ0n) is 21.8. The molecule has 6 rings (SSSR count). The summed E-state index contributed by atoms with van der Waals surface area (Å²) in [6.07, 6.45) is 5.96. The van der Waals surface area contributed by atoms with Crippen LogP contribution in [-0.4, -0.2) is 58.4 Å². The Balaban J connectivity index is 1.47. The van der Waals surface area contributed by atoms with Crippen molar-refractivity contribution in [2.45, 2.75) is 76.6 Å². The lowest BCUT2D eigenvalue weighted by Gasteiger charge is -2.49. The maximum absolute atomic E-state index is 14.0. The molecule has 0 spiro atoms. The smallest absolute Gasteiger partial charge is 0.246 e. The molecule has 37 heavy (non-hydrogen) atoms. The molecule has 2 amide bonds. The van der Waals surface area contributed by atoms with Gasteiger partial charge in [0.1, 0.15) is 12.6 Å². The molecule has 2 unspecified atom stereocenters. The highest BCUT2D eigenvalue weighted by Crippen LogP contribution is 2.45. The molecule has 3 aromatic rings. The number of rotatable bonds is 5. The van der Waals surface area contributed by atoms with E-state index in [4.69, 9.17) is 9.47 Å². The van der Waals surface area contributed by atoms with Crippen molar-refractivity contribution in [1.82, 2.24) is 14.8 Å². The van der Waals surface area contributed by atoms with Crippen LogP contribution in [0, 0.1) is 0 Å². The SMILES string of the molecule is COc1cc(C2c3[nH]c4ccccc4c3CC3C(=O)N(C4CCCCC4)CC(=O)N32)ccc1OC(C)C. The Kier molecular flexibility index (Phi) is 6.09. The molecule has 7 heteroatoms. The van der Waals surface area contributed by atoms with E-state index in [1.807, 2.05) is 54.0 Å². The number of aromatic nitrogens is 1. The van der Waals surface area contributed by atoms with Crippen LogP contribution in [0.25, 0.3) is 10.9 Å². The molecule has 1 saturated heterocycles. The number of amides is 2. The molecule has 1 N–H and O–H groups in total. The topological polar surface area (TPSA) is 74.9 Å². The number of benzene rings is 2. The highest BCUT2D eigenvalue weighted by Gasteiger charge is 2.49. The van der Waals surface area contributed by atoms with Crippen molar-refractivity contribution in [2.75, 3.05) is 13.7 Å². The third-order valence-electron chi connectivity index (χ3n) is 8.17. The lowest BCUT2D eigenvalue weighted by atomic mass is 9.85. The predicted molar refractivity (Wildman–Crippen MR) is 142 cm³/mol. The Labute approximate surface area is 217 Å². The minimum absolute atomic E-state index is 0.00551. The summed E-state index contributed by atoms with van der Waals surface area (Å²) < 4.78 is 11.6. The Hall–Kier alpha value is -3.48. The molecule has 3 aliphatic rings. The van der Waals surface area contributed by atoms with Crippen LogP contribution < -0.4 is 9.47 Å². The molecule has 1 saturated carbocycles. The number of carbonyl (C=O) groups excluding carboxylic acids is 2. The van der Waals surface area contributed by atoms with E-state index in [0.29, 0.717) is 17.9 Å². The van der Waals surface area contributed by atoms with Crippen molar-refractivity contribution in [2.24, 2.45) is 0 Å². The summed E-state index contributed by atoms with van der Waals surface area (Å²) in [5.74, 6) is 1.37. The van der Waals surface area contributed by atoms with Crippen molar-refractivity contribution >= 4 is 22.7 Å². The monoisotopic (exact) mass is 501 g/mol. The standard InChI is InChI=1S/C30H35N3O4/c1-18(2)37-25-14-13-19(15-26(25)36-3)29-28-22(21-11-7-8-12-23(21)31-28)16-24-30(35)32(17-27(34)33(24)29)20-9-5-4-6-10-20/h7-8,11-15,18,20,24,29,31H,4-6,9-10,16-17H2,1-3H3. The first-order valence-corrected chi connectivity index (χ1v) is 13.5. The largest absolute Gasteiger partial charge is 0.493 e. The Morgan fingerprint density at radius 3 is 2.54 bits per heavy atom. The number of piperazine rings is 1. The number of nitrogens with one attached hydrogen (secondary N) is 1. The third kappa shape index (κ3) is 4.05. The molecule has 2 aliphatic heterocycles. The van der Waals surface area contributed by atoms with Crippen molar-refractivity contribution < 1.29 is 19.1 Å². The van der Waals surface area contributed by atoms with Gasteiger partial charge in [-0.15, -0.1) is 0 Å². The van der Waals surface area contributed by atoms with Gasteiger partial charge in [0.05, 0.1) is 19.3 Å². The van der Waals surface area contributed by atoms with E-state index in [0.717, 1.165) is 53.4 Å². The normalized spacial score (nSPS) is 22.4. The van der Waals surface area contributed by atoms with E-state index in [1.165, 1.54) is 6.42 Å². The van der Waals surface area contributed by atoms with E-state index in [1.54, 1.807) is 7.11 Å². The molecule has 7 nitrogen and oxygen atoms in total. The Bertz CT molecular complexity index is 1340. The third-order valence-corrected chi connectivity index (χ3v) is 8.17.